The van der Waals surface area contributed by atoms with Crippen molar-refractivity contribution >= 4 is 23.9 Å². The summed E-state index contributed by atoms with van der Waals surface area (Å²) in [4.78, 5) is 33.5. The van der Waals surface area contributed by atoms with Crippen molar-refractivity contribution in [3.05, 3.63) is 48.0 Å². The summed E-state index contributed by atoms with van der Waals surface area (Å²) in [6, 6.07) is 10.5. The van der Waals surface area contributed by atoms with E-state index in [0.717, 1.165) is 0 Å². The van der Waals surface area contributed by atoms with Crippen molar-refractivity contribution in [2.24, 2.45) is 0 Å². The Morgan fingerprint density at radius 2 is 1.79 bits per heavy atom. The third kappa shape index (κ3) is 4.33. The molecule has 0 bridgehead atoms. The molecule has 2 N–H and O–H groups in total. The predicted octanol–water partition coefficient (Wildman–Crippen LogP) is 2.50. The number of aromatic hydroxyl groups is 1. The van der Waals surface area contributed by atoms with Gasteiger partial charge in [-0.3, -0.25) is 9.59 Å². The fourth-order valence-electron chi connectivity index (χ4n) is 1.81. The summed E-state index contributed by atoms with van der Waals surface area (Å²) in [5.74, 6) is -1.12. The average molecular weight is 329 g/mol. The average Bonchev–Trinajstić information content (AvgIpc) is 2.58. The Hall–Kier alpha value is -3.35. The first-order valence-corrected chi connectivity index (χ1v) is 7.07. The van der Waals surface area contributed by atoms with E-state index in [9.17, 15) is 19.5 Å². The molecule has 2 aromatic rings. The van der Waals surface area contributed by atoms with Crippen LogP contribution in [0.25, 0.3) is 0 Å². The molecule has 0 saturated heterocycles. The maximum atomic E-state index is 11.5. The molecule has 24 heavy (non-hydrogen) atoms. The molecular weight excluding hydrogens is 314 g/mol. The highest BCUT2D eigenvalue weighted by molar-refractivity contribution is 6.37. The first kappa shape index (κ1) is 17.0. The number of carbonyl (C=O) groups is 3. The van der Waals surface area contributed by atoms with Crippen molar-refractivity contribution in [2.75, 3.05) is 11.9 Å². The van der Waals surface area contributed by atoms with E-state index in [1.165, 1.54) is 18.2 Å². The summed E-state index contributed by atoms with van der Waals surface area (Å²) in [5, 5.41) is 11.8. The molecule has 0 aliphatic carbocycles. The first-order chi connectivity index (χ1) is 11.5. The smallest absolute Gasteiger partial charge is 0.397 e. The number of rotatable bonds is 5. The van der Waals surface area contributed by atoms with E-state index in [1.54, 1.807) is 31.2 Å². The number of anilines is 1. The van der Waals surface area contributed by atoms with Crippen LogP contribution >= 0.6 is 0 Å². The second-order valence-corrected chi connectivity index (χ2v) is 4.64. The summed E-state index contributed by atoms with van der Waals surface area (Å²) < 4.78 is 10.1. The van der Waals surface area contributed by atoms with E-state index in [2.05, 4.69) is 10.1 Å². The zero-order valence-electron chi connectivity index (χ0n) is 12.8. The number of phenolic OH excluding ortho intramolecular Hbond substituents is 1. The van der Waals surface area contributed by atoms with Gasteiger partial charge >= 0.3 is 11.9 Å². The molecule has 124 valence electrons. The minimum atomic E-state index is -0.955. The van der Waals surface area contributed by atoms with Crippen LogP contribution in [-0.4, -0.2) is 29.9 Å². The topological polar surface area (TPSA) is 102 Å². The minimum Gasteiger partial charge on any atom is -0.507 e. The molecule has 2 aromatic carbocycles. The summed E-state index contributed by atoms with van der Waals surface area (Å²) in [5.41, 5.74) is 0.519. The van der Waals surface area contributed by atoms with Crippen LogP contribution in [0.5, 0.6) is 17.2 Å². The molecule has 0 saturated carbocycles. The van der Waals surface area contributed by atoms with Crippen LogP contribution < -0.4 is 10.1 Å². The lowest BCUT2D eigenvalue weighted by atomic mass is 10.2. The summed E-state index contributed by atoms with van der Waals surface area (Å²) in [7, 11) is 0. The third-order valence-corrected chi connectivity index (χ3v) is 2.93. The predicted molar refractivity (Wildman–Crippen MR) is 85.3 cm³/mol. The number of nitrogens with one attached hydrogen (secondary N) is 1. The van der Waals surface area contributed by atoms with Gasteiger partial charge in [0.2, 0.25) is 0 Å². The van der Waals surface area contributed by atoms with Gasteiger partial charge in [0.1, 0.15) is 17.2 Å². The van der Waals surface area contributed by atoms with Gasteiger partial charge in [-0.25, -0.2) is 4.79 Å². The molecule has 0 aliphatic rings. The van der Waals surface area contributed by atoms with E-state index in [0.29, 0.717) is 23.5 Å². The molecule has 0 spiro atoms. The molecule has 0 unspecified atom stereocenters. The summed E-state index contributed by atoms with van der Waals surface area (Å²) >= 11 is 0. The van der Waals surface area contributed by atoms with Gasteiger partial charge in [-0.05, 0) is 49.4 Å². The first-order valence-electron chi connectivity index (χ1n) is 7.07. The SMILES string of the molecule is CCOC(=O)C(=O)Nc1ccc(Oc2ccc(O)c(C=O)c2)cc1. The van der Waals surface area contributed by atoms with E-state index >= 15 is 0 Å². The highest BCUT2D eigenvalue weighted by atomic mass is 16.5. The number of phenols is 1. The quantitative estimate of drug-likeness (QED) is 0.496. The van der Waals surface area contributed by atoms with Gasteiger partial charge in [0, 0.05) is 5.69 Å². The summed E-state index contributed by atoms with van der Waals surface area (Å²) in [6.45, 7) is 1.73. The Labute approximate surface area is 137 Å². The zero-order chi connectivity index (χ0) is 17.5. The van der Waals surface area contributed by atoms with Gasteiger partial charge in [-0.1, -0.05) is 0 Å². The standard InChI is InChI=1S/C17H15NO6/c1-2-23-17(22)16(21)18-12-3-5-13(6-4-12)24-14-7-8-15(20)11(9-14)10-19/h3-10,20H,2H2,1H3,(H,18,21). The highest BCUT2D eigenvalue weighted by Crippen LogP contribution is 2.27. The van der Waals surface area contributed by atoms with Gasteiger partial charge in [-0.2, -0.15) is 0 Å². The monoisotopic (exact) mass is 329 g/mol. The fraction of sp³-hybridized carbons (Fsp3) is 0.118. The molecule has 7 nitrogen and oxygen atoms in total. The Balaban J connectivity index is 2.03. The van der Waals surface area contributed by atoms with Gasteiger partial charge in [0.15, 0.2) is 6.29 Å². The van der Waals surface area contributed by atoms with Crippen LogP contribution in [0.2, 0.25) is 0 Å². The molecule has 0 heterocycles. The second kappa shape index (κ2) is 7.77. The molecule has 0 radical (unpaired) electrons. The van der Waals surface area contributed by atoms with Crippen LogP contribution in [0.1, 0.15) is 17.3 Å². The lowest BCUT2D eigenvalue weighted by Crippen LogP contribution is -2.24. The van der Waals surface area contributed by atoms with Crippen LogP contribution in [-0.2, 0) is 14.3 Å². The Morgan fingerprint density at radius 1 is 1.12 bits per heavy atom. The van der Waals surface area contributed by atoms with Crippen molar-refractivity contribution in [1.29, 1.82) is 0 Å². The number of hydrogen-bond acceptors (Lipinski definition) is 6. The van der Waals surface area contributed by atoms with Gasteiger partial charge in [-0.15, -0.1) is 0 Å². The van der Waals surface area contributed by atoms with Crippen molar-refractivity contribution < 1.29 is 29.0 Å². The highest BCUT2D eigenvalue weighted by Gasteiger charge is 2.14. The van der Waals surface area contributed by atoms with Crippen LogP contribution in [0.3, 0.4) is 0 Å². The number of hydrogen-bond donors (Lipinski definition) is 2. The maximum absolute atomic E-state index is 11.5. The van der Waals surface area contributed by atoms with Crippen molar-refractivity contribution in [1.82, 2.24) is 0 Å². The van der Waals surface area contributed by atoms with Crippen molar-refractivity contribution in [3.8, 4) is 17.2 Å². The van der Waals surface area contributed by atoms with E-state index < -0.39 is 11.9 Å². The van der Waals surface area contributed by atoms with E-state index in [1.807, 2.05) is 0 Å². The second-order valence-electron chi connectivity index (χ2n) is 4.64. The summed E-state index contributed by atoms with van der Waals surface area (Å²) in [6.07, 6.45) is 0.524. The fourth-order valence-corrected chi connectivity index (χ4v) is 1.81. The van der Waals surface area contributed by atoms with Crippen LogP contribution in [0.4, 0.5) is 5.69 Å². The van der Waals surface area contributed by atoms with Crippen LogP contribution in [0.15, 0.2) is 42.5 Å². The molecule has 0 atom stereocenters. The van der Waals surface area contributed by atoms with Crippen LogP contribution in [0, 0.1) is 0 Å². The Bertz CT molecular complexity index is 754. The number of carbonyl (C=O) groups excluding carboxylic acids is 3. The number of benzene rings is 2. The lowest BCUT2D eigenvalue weighted by Gasteiger charge is -2.08. The maximum Gasteiger partial charge on any atom is 0.397 e. The Morgan fingerprint density at radius 3 is 2.42 bits per heavy atom. The lowest BCUT2D eigenvalue weighted by molar-refractivity contribution is -0.152. The molecule has 2 rings (SSSR count). The van der Waals surface area contributed by atoms with Crippen molar-refractivity contribution in [2.45, 2.75) is 6.92 Å². The minimum absolute atomic E-state index is 0.117. The molecule has 1 amide bonds. The van der Waals surface area contributed by atoms with E-state index in [4.69, 9.17) is 4.74 Å². The molecular formula is C17H15NO6. The van der Waals surface area contributed by atoms with Gasteiger partial charge in [0.25, 0.3) is 0 Å². The zero-order valence-corrected chi connectivity index (χ0v) is 12.8. The largest absolute Gasteiger partial charge is 0.507 e. The Kier molecular flexibility index (Phi) is 5.51. The molecule has 7 heteroatoms. The number of amides is 1. The number of aldehydes is 1. The number of esters is 1. The molecule has 0 aliphatic heterocycles. The normalized spacial score (nSPS) is 9.88. The molecule has 0 aromatic heterocycles. The molecule has 0 fully saturated rings. The van der Waals surface area contributed by atoms with E-state index in [-0.39, 0.29) is 17.9 Å². The van der Waals surface area contributed by atoms with Gasteiger partial charge in [0.05, 0.1) is 12.2 Å². The van der Waals surface area contributed by atoms with Gasteiger partial charge < -0.3 is 19.9 Å². The third-order valence-electron chi connectivity index (χ3n) is 2.93. The van der Waals surface area contributed by atoms with Crippen molar-refractivity contribution in [3.63, 3.8) is 0 Å². The number of ether oxygens (including phenoxy) is 2.